The van der Waals surface area contributed by atoms with Crippen molar-refractivity contribution in [2.75, 3.05) is 0 Å². The Labute approximate surface area is 131 Å². The van der Waals surface area contributed by atoms with Crippen LogP contribution in [0, 0.1) is 6.92 Å². The molecule has 0 amide bonds. The normalized spacial score (nSPS) is 19.8. The molecule has 1 aliphatic rings. The molecule has 22 heavy (non-hydrogen) atoms. The number of hydrogen-bond acceptors (Lipinski definition) is 4. The van der Waals surface area contributed by atoms with Crippen LogP contribution in [-0.4, -0.2) is 37.7 Å². The predicted octanol–water partition coefficient (Wildman–Crippen LogP) is 1.27. The number of hydrogen-bond donors (Lipinski definition) is 0. The van der Waals surface area contributed by atoms with Crippen molar-refractivity contribution >= 4 is 12.6 Å². The van der Waals surface area contributed by atoms with Gasteiger partial charge in [0.05, 0.1) is 23.4 Å². The first-order valence-electron chi connectivity index (χ1n) is 7.55. The molecule has 0 radical (unpaired) electrons. The number of aryl methyl sites for hydroxylation is 2. The SMILES string of the molecule is Cc1nn(Cc2nccn2C)cc1B1OC(C)(C)C(C)(C)O1. The van der Waals surface area contributed by atoms with Gasteiger partial charge in [0, 0.05) is 31.1 Å². The van der Waals surface area contributed by atoms with Crippen molar-refractivity contribution < 1.29 is 9.31 Å². The summed E-state index contributed by atoms with van der Waals surface area (Å²) in [6.07, 6.45) is 5.72. The average Bonchev–Trinajstić information content (AvgIpc) is 3.00. The molecule has 7 heteroatoms. The summed E-state index contributed by atoms with van der Waals surface area (Å²) in [5.41, 5.74) is 1.22. The maximum absolute atomic E-state index is 6.11. The van der Waals surface area contributed by atoms with Gasteiger partial charge in [-0.3, -0.25) is 4.68 Å². The average molecular weight is 302 g/mol. The van der Waals surface area contributed by atoms with Crippen molar-refractivity contribution in [3.8, 4) is 0 Å². The van der Waals surface area contributed by atoms with E-state index in [2.05, 4.69) is 37.8 Å². The van der Waals surface area contributed by atoms with E-state index < -0.39 is 0 Å². The molecule has 0 saturated carbocycles. The molecule has 0 atom stereocenters. The van der Waals surface area contributed by atoms with Gasteiger partial charge in [-0.1, -0.05) is 0 Å². The maximum atomic E-state index is 6.11. The predicted molar refractivity (Wildman–Crippen MR) is 85.0 cm³/mol. The number of nitrogens with zero attached hydrogens (tertiary/aromatic N) is 4. The Kier molecular flexibility index (Phi) is 3.45. The quantitative estimate of drug-likeness (QED) is 0.801. The fourth-order valence-electron chi connectivity index (χ4n) is 2.51. The Morgan fingerprint density at radius 3 is 2.36 bits per heavy atom. The lowest BCUT2D eigenvalue weighted by Crippen LogP contribution is -2.41. The molecule has 0 aromatic carbocycles. The van der Waals surface area contributed by atoms with Crippen molar-refractivity contribution in [3.63, 3.8) is 0 Å². The minimum absolute atomic E-state index is 0.341. The van der Waals surface area contributed by atoms with E-state index in [9.17, 15) is 0 Å². The molecule has 0 N–H and O–H groups in total. The van der Waals surface area contributed by atoms with Gasteiger partial charge in [0.1, 0.15) is 5.82 Å². The van der Waals surface area contributed by atoms with Crippen LogP contribution < -0.4 is 5.46 Å². The topological polar surface area (TPSA) is 54.1 Å². The minimum Gasteiger partial charge on any atom is -0.399 e. The fourth-order valence-corrected chi connectivity index (χ4v) is 2.51. The number of rotatable bonds is 3. The van der Waals surface area contributed by atoms with Crippen molar-refractivity contribution in [2.24, 2.45) is 7.05 Å². The zero-order chi connectivity index (χ0) is 16.1. The molecule has 3 rings (SSSR count). The van der Waals surface area contributed by atoms with Gasteiger partial charge >= 0.3 is 7.12 Å². The third-order valence-corrected chi connectivity index (χ3v) is 4.72. The summed E-state index contributed by atoms with van der Waals surface area (Å²) in [6.45, 7) is 10.8. The van der Waals surface area contributed by atoms with Crippen LogP contribution in [0.3, 0.4) is 0 Å². The second kappa shape index (κ2) is 4.96. The summed E-state index contributed by atoms with van der Waals surface area (Å²) in [4.78, 5) is 4.33. The molecule has 6 nitrogen and oxygen atoms in total. The lowest BCUT2D eigenvalue weighted by molar-refractivity contribution is 0.00578. The van der Waals surface area contributed by atoms with Crippen LogP contribution in [0.25, 0.3) is 0 Å². The van der Waals surface area contributed by atoms with Gasteiger partial charge < -0.3 is 13.9 Å². The Bertz CT molecular complexity index is 674. The summed E-state index contributed by atoms with van der Waals surface area (Å²) in [7, 11) is 1.61. The van der Waals surface area contributed by atoms with E-state index >= 15 is 0 Å². The molecule has 118 valence electrons. The van der Waals surface area contributed by atoms with E-state index in [1.54, 1.807) is 6.20 Å². The van der Waals surface area contributed by atoms with Crippen LogP contribution in [0.5, 0.6) is 0 Å². The van der Waals surface area contributed by atoms with E-state index in [1.807, 2.05) is 35.6 Å². The van der Waals surface area contributed by atoms with Gasteiger partial charge in [-0.15, -0.1) is 0 Å². The second-order valence-corrected chi connectivity index (χ2v) is 6.91. The largest absolute Gasteiger partial charge is 0.498 e. The summed E-state index contributed by atoms with van der Waals surface area (Å²) in [6, 6.07) is 0. The molecule has 2 aromatic heterocycles. The number of imidazole rings is 1. The Morgan fingerprint density at radius 1 is 1.18 bits per heavy atom. The lowest BCUT2D eigenvalue weighted by Gasteiger charge is -2.32. The van der Waals surface area contributed by atoms with Crippen molar-refractivity contribution in [3.05, 3.63) is 30.1 Å². The minimum atomic E-state index is -0.375. The summed E-state index contributed by atoms with van der Waals surface area (Å²) < 4.78 is 16.1. The Balaban J connectivity index is 1.83. The van der Waals surface area contributed by atoms with Crippen molar-refractivity contribution in [1.29, 1.82) is 0 Å². The first-order chi connectivity index (χ1) is 10.2. The summed E-state index contributed by atoms with van der Waals surface area (Å²) in [5, 5.41) is 4.57. The third kappa shape index (κ3) is 2.48. The second-order valence-electron chi connectivity index (χ2n) is 6.91. The fraction of sp³-hybridized carbons (Fsp3) is 0.600. The highest BCUT2D eigenvalue weighted by atomic mass is 16.7. The van der Waals surface area contributed by atoms with Crippen molar-refractivity contribution in [1.82, 2.24) is 19.3 Å². The van der Waals surface area contributed by atoms with Crippen molar-refractivity contribution in [2.45, 2.75) is 52.4 Å². The first-order valence-corrected chi connectivity index (χ1v) is 7.55. The summed E-state index contributed by atoms with van der Waals surface area (Å²) in [5.74, 6) is 0.961. The van der Waals surface area contributed by atoms with E-state index in [1.165, 1.54) is 0 Å². The smallest absolute Gasteiger partial charge is 0.399 e. The Morgan fingerprint density at radius 2 is 1.82 bits per heavy atom. The summed E-state index contributed by atoms with van der Waals surface area (Å²) >= 11 is 0. The van der Waals surface area contributed by atoms with E-state index in [0.717, 1.165) is 17.0 Å². The van der Waals surface area contributed by atoms with Crippen LogP contribution in [0.15, 0.2) is 18.6 Å². The zero-order valence-corrected chi connectivity index (χ0v) is 14.1. The molecular weight excluding hydrogens is 279 g/mol. The highest BCUT2D eigenvalue weighted by Gasteiger charge is 2.52. The third-order valence-electron chi connectivity index (χ3n) is 4.72. The van der Waals surface area contributed by atoms with Gasteiger partial charge in [0.2, 0.25) is 0 Å². The van der Waals surface area contributed by atoms with Crippen LogP contribution in [0.2, 0.25) is 0 Å². The van der Waals surface area contributed by atoms with Crippen LogP contribution in [0.4, 0.5) is 0 Å². The van der Waals surface area contributed by atoms with Gasteiger partial charge in [-0.05, 0) is 34.6 Å². The molecule has 1 fully saturated rings. The zero-order valence-electron chi connectivity index (χ0n) is 14.1. The molecule has 0 bridgehead atoms. The van der Waals surface area contributed by atoms with Crippen LogP contribution in [0.1, 0.15) is 39.2 Å². The van der Waals surface area contributed by atoms with E-state index in [-0.39, 0.29) is 18.3 Å². The van der Waals surface area contributed by atoms with Gasteiger partial charge in [-0.2, -0.15) is 5.10 Å². The molecule has 1 saturated heterocycles. The molecule has 0 aliphatic carbocycles. The standard InChI is InChI=1S/C15H23BN4O2/c1-11-12(16-21-14(2,3)15(4,5)22-16)9-20(18-11)10-13-17-7-8-19(13)6/h7-9H,10H2,1-6H3. The Hall–Kier alpha value is -1.60. The molecule has 2 aromatic rings. The number of aromatic nitrogens is 4. The van der Waals surface area contributed by atoms with E-state index in [0.29, 0.717) is 6.54 Å². The highest BCUT2D eigenvalue weighted by molar-refractivity contribution is 6.62. The van der Waals surface area contributed by atoms with Crippen LogP contribution >= 0.6 is 0 Å². The molecule has 0 spiro atoms. The van der Waals surface area contributed by atoms with E-state index in [4.69, 9.17) is 9.31 Å². The molecule has 3 heterocycles. The van der Waals surface area contributed by atoms with Crippen LogP contribution in [-0.2, 0) is 22.9 Å². The lowest BCUT2D eigenvalue weighted by atomic mass is 9.79. The molecule has 1 aliphatic heterocycles. The molecular formula is C15H23BN4O2. The highest BCUT2D eigenvalue weighted by Crippen LogP contribution is 2.36. The monoisotopic (exact) mass is 302 g/mol. The first kappa shape index (κ1) is 15.3. The van der Waals surface area contributed by atoms with Gasteiger partial charge in [-0.25, -0.2) is 4.98 Å². The van der Waals surface area contributed by atoms with Gasteiger partial charge in [0.15, 0.2) is 0 Å². The maximum Gasteiger partial charge on any atom is 0.498 e. The molecule has 0 unspecified atom stereocenters. The van der Waals surface area contributed by atoms with Gasteiger partial charge in [0.25, 0.3) is 0 Å².